The molecule has 1 N–H and O–H groups in total. The Labute approximate surface area is 147 Å². The van der Waals surface area contributed by atoms with Crippen LogP contribution in [0.2, 0.25) is 5.02 Å². The Morgan fingerprint density at radius 3 is 2.54 bits per heavy atom. The Morgan fingerprint density at radius 1 is 1.25 bits per heavy atom. The van der Waals surface area contributed by atoms with Gasteiger partial charge in [0.1, 0.15) is 18.1 Å². The lowest BCUT2D eigenvalue weighted by Gasteiger charge is -2.15. The predicted octanol–water partition coefficient (Wildman–Crippen LogP) is 4.62. The first-order valence-electron chi connectivity index (χ1n) is 7.57. The fourth-order valence-electron chi connectivity index (χ4n) is 1.98. The van der Waals surface area contributed by atoms with Gasteiger partial charge in [0, 0.05) is 10.7 Å². The first-order valence-corrected chi connectivity index (χ1v) is 7.95. The van der Waals surface area contributed by atoms with Gasteiger partial charge < -0.3 is 14.8 Å². The highest BCUT2D eigenvalue weighted by Crippen LogP contribution is 2.22. The maximum atomic E-state index is 12.2. The van der Waals surface area contributed by atoms with Gasteiger partial charge in [-0.3, -0.25) is 4.79 Å². The maximum absolute atomic E-state index is 12.2. The average Bonchev–Trinajstić information content (AvgIpc) is 2.57. The second-order valence-electron chi connectivity index (χ2n) is 5.28. The Bertz CT molecular complexity index is 713. The van der Waals surface area contributed by atoms with Crippen LogP contribution in [0.3, 0.4) is 0 Å². The van der Waals surface area contributed by atoms with E-state index in [1.165, 1.54) is 0 Å². The number of aryl methyl sites for hydroxylation is 1. The Hall–Kier alpha value is -2.46. The molecule has 2 aromatic carbocycles. The number of halogens is 1. The van der Waals surface area contributed by atoms with E-state index in [-0.39, 0.29) is 5.91 Å². The molecule has 0 radical (unpaired) electrons. The number of anilines is 1. The van der Waals surface area contributed by atoms with Crippen molar-refractivity contribution in [2.45, 2.75) is 20.0 Å². The van der Waals surface area contributed by atoms with Crippen molar-refractivity contribution in [3.05, 3.63) is 65.7 Å². The summed E-state index contributed by atoms with van der Waals surface area (Å²) in [6.07, 6.45) is 1.04. The van der Waals surface area contributed by atoms with Gasteiger partial charge in [0.15, 0.2) is 6.10 Å². The molecule has 126 valence electrons. The molecule has 0 spiro atoms. The van der Waals surface area contributed by atoms with E-state index in [4.69, 9.17) is 21.1 Å². The van der Waals surface area contributed by atoms with E-state index < -0.39 is 6.10 Å². The number of amides is 1. The van der Waals surface area contributed by atoms with Crippen molar-refractivity contribution in [1.82, 2.24) is 0 Å². The summed E-state index contributed by atoms with van der Waals surface area (Å²) in [5.41, 5.74) is 1.57. The first-order chi connectivity index (χ1) is 11.5. The van der Waals surface area contributed by atoms with Crippen molar-refractivity contribution < 1.29 is 14.3 Å². The standard InChI is InChI=1S/C19H20ClNO3/c1-4-11-23-16-7-5-15(6-8-16)21-19(22)14(3)24-17-9-10-18(20)13(2)12-17/h4-10,12,14H,1,11H2,2-3H3,(H,21,22)/t14-/m1/s1. The molecule has 0 aromatic heterocycles. The minimum absolute atomic E-state index is 0.234. The third kappa shape index (κ3) is 5.03. The van der Waals surface area contributed by atoms with Crippen LogP contribution in [0.4, 0.5) is 5.69 Å². The third-order valence-corrected chi connectivity index (χ3v) is 3.73. The minimum Gasteiger partial charge on any atom is -0.490 e. The van der Waals surface area contributed by atoms with E-state index in [0.29, 0.717) is 28.8 Å². The number of nitrogens with one attached hydrogen (secondary N) is 1. The van der Waals surface area contributed by atoms with Gasteiger partial charge >= 0.3 is 0 Å². The number of hydrogen-bond acceptors (Lipinski definition) is 3. The van der Waals surface area contributed by atoms with E-state index in [9.17, 15) is 4.79 Å². The van der Waals surface area contributed by atoms with Gasteiger partial charge in [-0.05, 0) is 61.9 Å². The normalized spacial score (nSPS) is 11.5. The van der Waals surface area contributed by atoms with Crippen LogP contribution in [-0.4, -0.2) is 18.6 Å². The number of carbonyl (C=O) groups excluding carboxylic acids is 1. The van der Waals surface area contributed by atoms with Gasteiger partial charge in [-0.2, -0.15) is 0 Å². The lowest BCUT2D eigenvalue weighted by molar-refractivity contribution is -0.122. The number of rotatable bonds is 7. The predicted molar refractivity (Wildman–Crippen MR) is 97.0 cm³/mol. The SMILES string of the molecule is C=CCOc1ccc(NC(=O)[C@@H](C)Oc2ccc(Cl)c(C)c2)cc1. The molecule has 0 heterocycles. The summed E-state index contributed by atoms with van der Waals surface area (Å²) in [6.45, 7) is 7.62. The molecule has 0 unspecified atom stereocenters. The average molecular weight is 346 g/mol. The molecule has 0 fully saturated rings. The van der Waals surface area contributed by atoms with E-state index in [0.717, 1.165) is 5.56 Å². The molecule has 5 heteroatoms. The van der Waals surface area contributed by atoms with E-state index in [1.807, 2.05) is 6.92 Å². The monoisotopic (exact) mass is 345 g/mol. The van der Waals surface area contributed by atoms with Crippen LogP contribution in [0.25, 0.3) is 0 Å². The summed E-state index contributed by atoms with van der Waals surface area (Å²) < 4.78 is 11.1. The lowest BCUT2D eigenvalue weighted by atomic mass is 10.2. The summed E-state index contributed by atoms with van der Waals surface area (Å²) >= 11 is 5.98. The van der Waals surface area contributed by atoms with Gasteiger partial charge in [0.2, 0.25) is 0 Å². The largest absolute Gasteiger partial charge is 0.490 e. The molecule has 4 nitrogen and oxygen atoms in total. The van der Waals surface area contributed by atoms with Crippen LogP contribution in [0.15, 0.2) is 55.1 Å². The summed E-state index contributed by atoms with van der Waals surface area (Å²) in [6, 6.07) is 12.4. The molecule has 0 saturated carbocycles. The van der Waals surface area contributed by atoms with Crippen molar-refractivity contribution in [3.63, 3.8) is 0 Å². The molecule has 2 aromatic rings. The second-order valence-corrected chi connectivity index (χ2v) is 5.69. The van der Waals surface area contributed by atoms with Crippen LogP contribution in [0, 0.1) is 6.92 Å². The Morgan fingerprint density at radius 2 is 1.92 bits per heavy atom. The highest BCUT2D eigenvalue weighted by atomic mass is 35.5. The van der Waals surface area contributed by atoms with Crippen molar-refractivity contribution in [2.75, 3.05) is 11.9 Å². The Kier molecular flexibility index (Phi) is 6.27. The highest BCUT2D eigenvalue weighted by Gasteiger charge is 2.15. The fourth-order valence-corrected chi connectivity index (χ4v) is 2.10. The molecular formula is C19H20ClNO3. The van der Waals surface area contributed by atoms with Crippen molar-refractivity contribution >= 4 is 23.2 Å². The number of hydrogen-bond donors (Lipinski definition) is 1. The highest BCUT2D eigenvalue weighted by molar-refractivity contribution is 6.31. The van der Waals surface area contributed by atoms with E-state index in [1.54, 1.807) is 55.5 Å². The smallest absolute Gasteiger partial charge is 0.265 e. The molecule has 1 amide bonds. The number of carbonyl (C=O) groups is 1. The maximum Gasteiger partial charge on any atom is 0.265 e. The van der Waals surface area contributed by atoms with Crippen LogP contribution in [0.1, 0.15) is 12.5 Å². The second kappa shape index (κ2) is 8.41. The molecule has 0 saturated heterocycles. The van der Waals surface area contributed by atoms with E-state index >= 15 is 0 Å². The van der Waals surface area contributed by atoms with Gasteiger partial charge in [-0.25, -0.2) is 0 Å². The summed E-state index contributed by atoms with van der Waals surface area (Å²) in [5.74, 6) is 1.09. The van der Waals surface area contributed by atoms with Crippen LogP contribution in [-0.2, 0) is 4.79 Å². The van der Waals surface area contributed by atoms with E-state index in [2.05, 4.69) is 11.9 Å². The molecule has 2 rings (SSSR count). The molecule has 0 aliphatic rings. The van der Waals surface area contributed by atoms with Crippen molar-refractivity contribution in [1.29, 1.82) is 0 Å². The zero-order valence-electron chi connectivity index (χ0n) is 13.7. The van der Waals surface area contributed by atoms with Gasteiger partial charge in [-0.15, -0.1) is 0 Å². The van der Waals surface area contributed by atoms with Crippen LogP contribution in [0.5, 0.6) is 11.5 Å². The van der Waals surface area contributed by atoms with Crippen molar-refractivity contribution in [3.8, 4) is 11.5 Å². The topological polar surface area (TPSA) is 47.6 Å². The summed E-state index contributed by atoms with van der Waals surface area (Å²) in [7, 11) is 0. The van der Waals surface area contributed by atoms with Gasteiger partial charge in [-0.1, -0.05) is 24.3 Å². The van der Waals surface area contributed by atoms with Crippen LogP contribution >= 0.6 is 11.6 Å². The molecular weight excluding hydrogens is 326 g/mol. The molecule has 0 aliphatic heterocycles. The zero-order chi connectivity index (χ0) is 17.5. The lowest BCUT2D eigenvalue weighted by Crippen LogP contribution is -2.30. The molecule has 0 bridgehead atoms. The Balaban J connectivity index is 1.93. The third-order valence-electron chi connectivity index (χ3n) is 3.30. The summed E-state index contributed by atoms with van der Waals surface area (Å²) in [5, 5.41) is 3.47. The quantitative estimate of drug-likeness (QED) is 0.745. The molecule has 1 atom stereocenters. The zero-order valence-corrected chi connectivity index (χ0v) is 14.5. The minimum atomic E-state index is -0.637. The fraction of sp³-hybridized carbons (Fsp3) is 0.211. The summed E-state index contributed by atoms with van der Waals surface area (Å²) in [4.78, 5) is 12.2. The first kappa shape index (κ1) is 17.9. The number of benzene rings is 2. The van der Waals surface area contributed by atoms with Crippen LogP contribution < -0.4 is 14.8 Å². The number of ether oxygens (including phenoxy) is 2. The molecule has 24 heavy (non-hydrogen) atoms. The van der Waals surface area contributed by atoms with Gasteiger partial charge in [0.25, 0.3) is 5.91 Å². The van der Waals surface area contributed by atoms with Gasteiger partial charge in [0.05, 0.1) is 0 Å². The van der Waals surface area contributed by atoms with Crippen molar-refractivity contribution in [2.24, 2.45) is 0 Å². The molecule has 0 aliphatic carbocycles.